The Bertz CT molecular complexity index is 454. The summed E-state index contributed by atoms with van der Waals surface area (Å²) in [6.07, 6.45) is 0. The maximum atomic E-state index is 5.56. The third kappa shape index (κ3) is 1.92. The minimum Gasteiger partial charge on any atom is -0.325 e. The molecule has 0 saturated heterocycles. The number of nitrogens with zero attached hydrogens (tertiary/aromatic N) is 2. The van der Waals surface area contributed by atoms with E-state index >= 15 is 0 Å². The number of aromatic nitrogens is 2. The Morgan fingerprint density at radius 3 is 2.40 bits per heavy atom. The highest BCUT2D eigenvalue weighted by Gasteiger charge is 2.04. The van der Waals surface area contributed by atoms with Crippen LogP contribution in [0.5, 0.6) is 0 Å². The van der Waals surface area contributed by atoms with Crippen LogP contribution in [-0.2, 0) is 6.54 Å². The monoisotopic (exact) mass is 201 g/mol. The van der Waals surface area contributed by atoms with Gasteiger partial charge in [0.25, 0.3) is 0 Å². The average molecular weight is 201 g/mol. The van der Waals surface area contributed by atoms with Gasteiger partial charge in [-0.2, -0.15) is 5.10 Å². The van der Waals surface area contributed by atoms with Crippen molar-refractivity contribution in [1.29, 1.82) is 0 Å². The first-order chi connectivity index (χ1) is 7.20. The van der Waals surface area contributed by atoms with E-state index in [0.29, 0.717) is 6.54 Å². The number of hydrogen-bond acceptors (Lipinski definition) is 2. The number of nitrogens with two attached hydrogens (primary N) is 1. The summed E-state index contributed by atoms with van der Waals surface area (Å²) in [7, 11) is 0. The van der Waals surface area contributed by atoms with Crippen LogP contribution < -0.4 is 5.73 Å². The zero-order valence-corrected chi connectivity index (χ0v) is 9.07. The molecule has 0 spiro atoms. The molecule has 0 unspecified atom stereocenters. The molecule has 15 heavy (non-hydrogen) atoms. The third-order valence-corrected chi connectivity index (χ3v) is 2.43. The highest BCUT2D eigenvalue weighted by molar-refractivity contribution is 5.35. The molecule has 0 fully saturated rings. The van der Waals surface area contributed by atoms with Crippen LogP contribution >= 0.6 is 0 Å². The molecular weight excluding hydrogens is 186 g/mol. The topological polar surface area (TPSA) is 43.8 Å². The Labute approximate surface area is 89.5 Å². The molecule has 3 nitrogen and oxygen atoms in total. The van der Waals surface area contributed by atoms with Gasteiger partial charge in [-0.1, -0.05) is 17.7 Å². The van der Waals surface area contributed by atoms with Crippen molar-refractivity contribution in [1.82, 2.24) is 9.78 Å². The molecule has 0 saturated carbocycles. The highest BCUT2D eigenvalue weighted by atomic mass is 15.3. The zero-order chi connectivity index (χ0) is 10.8. The van der Waals surface area contributed by atoms with Crippen LogP contribution in [-0.4, -0.2) is 9.78 Å². The standard InChI is InChI=1S/C12H15N3/c1-9-3-5-12(6-4-9)15-10(2)7-11(8-13)14-15/h3-7H,8,13H2,1-2H3. The molecule has 78 valence electrons. The van der Waals surface area contributed by atoms with Crippen molar-refractivity contribution in [2.24, 2.45) is 5.73 Å². The molecule has 0 aliphatic heterocycles. The lowest BCUT2D eigenvalue weighted by atomic mass is 10.2. The summed E-state index contributed by atoms with van der Waals surface area (Å²) in [4.78, 5) is 0. The van der Waals surface area contributed by atoms with Crippen molar-refractivity contribution in [3.8, 4) is 5.69 Å². The normalized spacial score (nSPS) is 10.6. The fourth-order valence-electron chi connectivity index (χ4n) is 1.59. The van der Waals surface area contributed by atoms with Gasteiger partial charge in [0.05, 0.1) is 11.4 Å². The van der Waals surface area contributed by atoms with E-state index in [0.717, 1.165) is 17.1 Å². The van der Waals surface area contributed by atoms with Crippen molar-refractivity contribution >= 4 is 0 Å². The van der Waals surface area contributed by atoms with Gasteiger partial charge in [-0.05, 0) is 32.0 Å². The first-order valence-electron chi connectivity index (χ1n) is 5.03. The van der Waals surface area contributed by atoms with Gasteiger partial charge in [0.1, 0.15) is 0 Å². The maximum Gasteiger partial charge on any atom is 0.0767 e. The molecule has 0 atom stereocenters. The van der Waals surface area contributed by atoms with Gasteiger partial charge in [0, 0.05) is 12.2 Å². The number of aryl methyl sites for hydroxylation is 2. The lowest BCUT2D eigenvalue weighted by Crippen LogP contribution is -2.01. The predicted octanol–water partition coefficient (Wildman–Crippen LogP) is 1.95. The number of hydrogen-bond donors (Lipinski definition) is 1. The van der Waals surface area contributed by atoms with Crippen molar-refractivity contribution < 1.29 is 0 Å². The van der Waals surface area contributed by atoms with E-state index in [1.807, 2.05) is 17.7 Å². The Kier molecular flexibility index (Phi) is 2.56. The SMILES string of the molecule is Cc1ccc(-n2nc(CN)cc2C)cc1. The largest absolute Gasteiger partial charge is 0.325 e. The Hall–Kier alpha value is -1.61. The van der Waals surface area contributed by atoms with E-state index < -0.39 is 0 Å². The van der Waals surface area contributed by atoms with Gasteiger partial charge in [-0.25, -0.2) is 4.68 Å². The quantitative estimate of drug-likeness (QED) is 0.807. The van der Waals surface area contributed by atoms with E-state index in [4.69, 9.17) is 5.73 Å². The van der Waals surface area contributed by atoms with Gasteiger partial charge in [0.15, 0.2) is 0 Å². The smallest absolute Gasteiger partial charge is 0.0767 e. The van der Waals surface area contributed by atoms with Gasteiger partial charge in [0.2, 0.25) is 0 Å². The van der Waals surface area contributed by atoms with E-state index in [-0.39, 0.29) is 0 Å². The molecule has 1 aromatic carbocycles. The first kappa shape index (κ1) is 9.93. The first-order valence-corrected chi connectivity index (χ1v) is 5.03. The number of rotatable bonds is 2. The van der Waals surface area contributed by atoms with E-state index in [1.165, 1.54) is 5.56 Å². The molecule has 3 heteroatoms. The summed E-state index contributed by atoms with van der Waals surface area (Å²) in [6, 6.07) is 10.3. The molecule has 0 bridgehead atoms. The second kappa shape index (κ2) is 3.87. The van der Waals surface area contributed by atoms with E-state index in [9.17, 15) is 0 Å². The van der Waals surface area contributed by atoms with Crippen molar-refractivity contribution in [2.75, 3.05) is 0 Å². The van der Waals surface area contributed by atoms with Crippen LogP contribution in [0.2, 0.25) is 0 Å². The summed E-state index contributed by atoms with van der Waals surface area (Å²) >= 11 is 0. The van der Waals surface area contributed by atoms with Gasteiger partial charge in [-0.15, -0.1) is 0 Å². The molecule has 0 radical (unpaired) electrons. The van der Waals surface area contributed by atoms with Crippen molar-refractivity contribution in [3.63, 3.8) is 0 Å². The van der Waals surface area contributed by atoms with Crippen LogP contribution in [0, 0.1) is 13.8 Å². The molecule has 1 aromatic heterocycles. The van der Waals surface area contributed by atoms with E-state index in [1.54, 1.807) is 0 Å². The van der Waals surface area contributed by atoms with Gasteiger partial charge in [-0.3, -0.25) is 0 Å². The fraction of sp³-hybridized carbons (Fsp3) is 0.250. The average Bonchev–Trinajstić information content (AvgIpc) is 2.61. The van der Waals surface area contributed by atoms with Crippen LogP contribution in [0.4, 0.5) is 0 Å². The lowest BCUT2D eigenvalue weighted by Gasteiger charge is -2.04. The highest BCUT2D eigenvalue weighted by Crippen LogP contribution is 2.12. The minimum atomic E-state index is 0.486. The molecule has 0 aliphatic carbocycles. The Morgan fingerprint density at radius 1 is 1.20 bits per heavy atom. The molecule has 0 aliphatic rings. The van der Waals surface area contributed by atoms with Gasteiger partial charge < -0.3 is 5.73 Å². The molecule has 2 rings (SSSR count). The summed E-state index contributed by atoms with van der Waals surface area (Å²) < 4.78 is 1.92. The van der Waals surface area contributed by atoms with Crippen LogP contribution in [0.1, 0.15) is 17.0 Å². The van der Waals surface area contributed by atoms with Crippen LogP contribution in [0.25, 0.3) is 5.69 Å². The fourth-order valence-corrected chi connectivity index (χ4v) is 1.59. The summed E-state index contributed by atoms with van der Waals surface area (Å²) in [5.41, 5.74) is 9.93. The molecule has 2 aromatic rings. The number of benzene rings is 1. The summed E-state index contributed by atoms with van der Waals surface area (Å²) in [5.74, 6) is 0. The summed E-state index contributed by atoms with van der Waals surface area (Å²) in [5, 5.41) is 4.42. The van der Waals surface area contributed by atoms with Gasteiger partial charge >= 0.3 is 0 Å². The second-order valence-electron chi connectivity index (χ2n) is 3.73. The zero-order valence-electron chi connectivity index (χ0n) is 9.07. The molecule has 1 heterocycles. The second-order valence-corrected chi connectivity index (χ2v) is 3.73. The lowest BCUT2D eigenvalue weighted by molar-refractivity contribution is 0.812. The van der Waals surface area contributed by atoms with Crippen LogP contribution in [0.15, 0.2) is 30.3 Å². The van der Waals surface area contributed by atoms with Crippen molar-refractivity contribution in [3.05, 3.63) is 47.3 Å². The molecule has 0 amide bonds. The third-order valence-electron chi connectivity index (χ3n) is 2.43. The Morgan fingerprint density at radius 2 is 1.87 bits per heavy atom. The van der Waals surface area contributed by atoms with Crippen LogP contribution in [0.3, 0.4) is 0 Å². The minimum absolute atomic E-state index is 0.486. The Balaban J connectivity index is 2.44. The molecular formula is C12H15N3. The molecule has 2 N–H and O–H groups in total. The summed E-state index contributed by atoms with van der Waals surface area (Å²) in [6.45, 7) is 4.59. The maximum absolute atomic E-state index is 5.56. The van der Waals surface area contributed by atoms with Crippen molar-refractivity contribution in [2.45, 2.75) is 20.4 Å². The van der Waals surface area contributed by atoms with E-state index in [2.05, 4.69) is 36.3 Å². The predicted molar refractivity (Wildman–Crippen MR) is 60.9 cm³/mol.